The molecule has 3 heterocycles. The first-order valence-electron chi connectivity index (χ1n) is 10.0. The lowest BCUT2D eigenvalue weighted by atomic mass is 10.1. The fraction of sp³-hybridized carbons (Fsp3) is 0.450. The van der Waals surface area contributed by atoms with Crippen molar-refractivity contribution in [2.45, 2.75) is 39.2 Å². The van der Waals surface area contributed by atoms with Crippen LogP contribution in [0, 0.1) is 0 Å². The first-order chi connectivity index (χ1) is 15.0. The van der Waals surface area contributed by atoms with Gasteiger partial charge in [0, 0.05) is 18.9 Å². The van der Waals surface area contributed by atoms with Crippen molar-refractivity contribution in [1.29, 1.82) is 0 Å². The van der Waals surface area contributed by atoms with Crippen LogP contribution in [0.25, 0.3) is 11.2 Å². The van der Waals surface area contributed by atoms with Gasteiger partial charge in [-0.25, -0.2) is 9.18 Å². The maximum Gasteiger partial charge on any atom is 0.327 e. The summed E-state index contributed by atoms with van der Waals surface area (Å²) in [5.41, 5.74) is 7.78. The van der Waals surface area contributed by atoms with E-state index in [1.165, 1.54) is 4.57 Å². The first-order valence-corrected chi connectivity index (χ1v) is 10.0. The molecule has 0 spiro atoms. The minimum atomic E-state index is -0.719. The number of imidazole rings is 1. The Kier molecular flexibility index (Phi) is 7.52. The number of fused-ring (bicyclic) bond motifs is 1. The van der Waals surface area contributed by atoms with Gasteiger partial charge in [-0.05, 0) is 24.0 Å². The summed E-state index contributed by atoms with van der Waals surface area (Å²) in [7, 11) is 0. The Bertz CT molecular complexity index is 1100. The van der Waals surface area contributed by atoms with E-state index in [9.17, 15) is 14.0 Å². The zero-order valence-corrected chi connectivity index (χ0v) is 17.3. The highest BCUT2D eigenvalue weighted by atomic mass is 19.1. The molecule has 3 aromatic heterocycles. The molecule has 10 nitrogen and oxygen atoms in total. The highest BCUT2D eigenvalue weighted by Crippen LogP contribution is 2.18. The fourth-order valence-corrected chi connectivity index (χ4v) is 3.00. The monoisotopic (exact) mass is 432 g/mol. The molecular weight excluding hydrogens is 407 g/mol. The molecular formula is C20H25FN6O4. The van der Waals surface area contributed by atoms with E-state index in [1.807, 2.05) is 6.92 Å². The number of ether oxygens (including phenoxy) is 2. The smallest absolute Gasteiger partial charge is 0.327 e. The molecule has 3 rings (SSSR count). The van der Waals surface area contributed by atoms with Crippen LogP contribution in [-0.4, -0.2) is 50.4 Å². The molecule has 31 heavy (non-hydrogen) atoms. The van der Waals surface area contributed by atoms with E-state index in [4.69, 9.17) is 15.2 Å². The lowest BCUT2D eigenvalue weighted by Gasteiger charge is -2.07. The van der Waals surface area contributed by atoms with Gasteiger partial charge in [0.25, 0.3) is 0 Å². The summed E-state index contributed by atoms with van der Waals surface area (Å²) in [6, 6.07) is 1.92. The quantitative estimate of drug-likeness (QED) is 0.344. The van der Waals surface area contributed by atoms with Gasteiger partial charge in [0.15, 0.2) is 11.5 Å². The maximum absolute atomic E-state index is 12.4. The van der Waals surface area contributed by atoms with Crippen LogP contribution in [0.4, 0.5) is 10.2 Å². The number of anilines is 1. The normalized spacial score (nSPS) is 11.0. The molecule has 0 atom stereocenters. The summed E-state index contributed by atoms with van der Waals surface area (Å²) in [6.45, 7) is 1.83. The Morgan fingerprint density at radius 3 is 2.84 bits per heavy atom. The van der Waals surface area contributed by atoms with Crippen molar-refractivity contribution in [2.75, 3.05) is 25.6 Å². The van der Waals surface area contributed by atoms with Crippen LogP contribution in [0.3, 0.4) is 0 Å². The molecule has 3 N–H and O–H groups in total. The van der Waals surface area contributed by atoms with Gasteiger partial charge in [0.1, 0.15) is 18.8 Å². The molecule has 0 aromatic carbocycles. The predicted molar refractivity (Wildman–Crippen MR) is 112 cm³/mol. The number of nitrogens with zero attached hydrogens (tertiary/aromatic N) is 4. The molecule has 3 aromatic rings. The number of aryl methyl sites for hydroxylation is 2. The molecule has 0 aliphatic rings. The van der Waals surface area contributed by atoms with Crippen LogP contribution in [0.2, 0.25) is 0 Å². The van der Waals surface area contributed by atoms with Crippen LogP contribution in [0.5, 0.6) is 6.01 Å². The molecule has 0 bridgehead atoms. The van der Waals surface area contributed by atoms with E-state index in [1.54, 1.807) is 18.5 Å². The van der Waals surface area contributed by atoms with E-state index < -0.39 is 12.6 Å². The Morgan fingerprint density at radius 1 is 1.26 bits per heavy atom. The van der Waals surface area contributed by atoms with Crippen molar-refractivity contribution >= 4 is 23.0 Å². The zero-order chi connectivity index (χ0) is 22.2. The minimum Gasteiger partial charge on any atom is -0.463 e. The number of H-pyrrole nitrogens is 1. The number of esters is 1. The van der Waals surface area contributed by atoms with Gasteiger partial charge >= 0.3 is 17.7 Å². The summed E-state index contributed by atoms with van der Waals surface area (Å²) in [5, 5.41) is 0. The average molecular weight is 432 g/mol. The topological polar surface area (TPSA) is 138 Å². The highest BCUT2D eigenvalue weighted by Gasteiger charge is 2.15. The number of hydrogen-bond donors (Lipinski definition) is 2. The second-order valence-corrected chi connectivity index (χ2v) is 6.91. The number of rotatable bonds is 11. The molecule has 0 aliphatic carbocycles. The third kappa shape index (κ3) is 5.77. The number of unbranched alkanes of at least 4 members (excludes halogenated alkanes) is 1. The number of nitrogen functional groups attached to an aromatic ring is 1. The Balaban J connectivity index is 1.74. The largest absolute Gasteiger partial charge is 0.463 e. The summed E-state index contributed by atoms with van der Waals surface area (Å²) in [5.74, 6) is -0.380. The molecule has 0 radical (unpaired) electrons. The van der Waals surface area contributed by atoms with E-state index >= 15 is 0 Å². The number of halogens is 1. The van der Waals surface area contributed by atoms with Crippen molar-refractivity contribution in [2.24, 2.45) is 0 Å². The second-order valence-electron chi connectivity index (χ2n) is 6.91. The van der Waals surface area contributed by atoms with Gasteiger partial charge in [-0.1, -0.05) is 19.4 Å². The van der Waals surface area contributed by atoms with Crippen LogP contribution in [0.15, 0.2) is 23.3 Å². The van der Waals surface area contributed by atoms with Crippen LogP contribution in [-0.2, 0) is 28.9 Å². The van der Waals surface area contributed by atoms with E-state index in [2.05, 4.69) is 19.9 Å². The number of hydrogen-bond acceptors (Lipinski definition) is 8. The van der Waals surface area contributed by atoms with Gasteiger partial charge in [-0.15, -0.1) is 0 Å². The zero-order valence-electron chi connectivity index (χ0n) is 17.3. The van der Waals surface area contributed by atoms with E-state index in [-0.39, 0.29) is 30.5 Å². The van der Waals surface area contributed by atoms with Crippen LogP contribution >= 0.6 is 0 Å². The standard InChI is InChI=1S/C20H25FN6O4/c1-2-3-7-31-19-25-17(22)16-18(26-19)27(20(29)24-16)6-4-13-9-14(12-23-11-13)10-15(28)30-8-5-21/h9,11-12H,2-8,10H2,1H3,(H,24,29)(H2,22,25,26). The fourth-order valence-electron chi connectivity index (χ4n) is 3.00. The number of nitrogens with two attached hydrogens (primary N) is 1. The molecule has 0 amide bonds. The Labute approximate surface area is 177 Å². The number of carbonyl (C=O) groups is 1. The molecule has 11 heteroatoms. The number of alkyl halides is 1. The predicted octanol–water partition coefficient (Wildman–Crippen LogP) is 1.57. The van der Waals surface area contributed by atoms with Crippen molar-refractivity contribution in [3.8, 4) is 6.01 Å². The summed E-state index contributed by atoms with van der Waals surface area (Å²) < 4.78 is 23.9. The number of pyridine rings is 1. The molecule has 0 saturated carbocycles. The molecule has 0 saturated heterocycles. The summed E-state index contributed by atoms with van der Waals surface area (Å²) in [4.78, 5) is 39.3. The van der Waals surface area contributed by atoms with Crippen LogP contribution in [0.1, 0.15) is 30.9 Å². The van der Waals surface area contributed by atoms with Gasteiger partial charge < -0.3 is 20.2 Å². The highest BCUT2D eigenvalue weighted by molar-refractivity contribution is 5.81. The molecule has 0 fully saturated rings. The minimum absolute atomic E-state index is 0.00388. The van der Waals surface area contributed by atoms with Gasteiger partial charge in [0.05, 0.1) is 13.0 Å². The van der Waals surface area contributed by atoms with Crippen molar-refractivity contribution in [1.82, 2.24) is 24.5 Å². The number of aromatic nitrogens is 5. The average Bonchev–Trinajstić information content (AvgIpc) is 3.07. The Morgan fingerprint density at radius 2 is 2.06 bits per heavy atom. The van der Waals surface area contributed by atoms with Gasteiger partial charge in [0.2, 0.25) is 0 Å². The Hall–Kier alpha value is -3.50. The lowest BCUT2D eigenvalue weighted by Crippen LogP contribution is -2.18. The number of aromatic amines is 1. The summed E-state index contributed by atoms with van der Waals surface area (Å²) >= 11 is 0. The van der Waals surface area contributed by atoms with E-state index in [0.717, 1.165) is 18.4 Å². The maximum atomic E-state index is 12.4. The third-order valence-corrected chi connectivity index (χ3v) is 4.52. The van der Waals surface area contributed by atoms with Crippen molar-refractivity contribution in [3.05, 3.63) is 40.1 Å². The SMILES string of the molecule is CCCCOc1nc(N)c2[nH]c(=O)n(CCc3cncc(CC(=O)OCCF)c3)c2n1. The molecule has 0 aliphatic heterocycles. The van der Waals surface area contributed by atoms with Crippen molar-refractivity contribution < 1.29 is 18.7 Å². The van der Waals surface area contributed by atoms with Crippen LogP contribution < -0.4 is 16.2 Å². The number of carbonyl (C=O) groups excluding carboxylic acids is 1. The molecule has 166 valence electrons. The second kappa shape index (κ2) is 10.5. The third-order valence-electron chi connectivity index (χ3n) is 4.52. The van der Waals surface area contributed by atoms with Gasteiger partial charge in [-0.3, -0.25) is 14.3 Å². The molecule has 0 unspecified atom stereocenters. The lowest BCUT2D eigenvalue weighted by molar-refractivity contribution is -0.143. The summed E-state index contributed by atoms with van der Waals surface area (Å²) in [6.07, 6.45) is 5.48. The number of nitrogens with one attached hydrogen (secondary N) is 1. The van der Waals surface area contributed by atoms with Gasteiger partial charge in [-0.2, -0.15) is 9.97 Å². The van der Waals surface area contributed by atoms with Crippen molar-refractivity contribution in [3.63, 3.8) is 0 Å². The van der Waals surface area contributed by atoms with E-state index in [0.29, 0.717) is 36.3 Å². The first kappa shape index (κ1) is 22.2.